The van der Waals surface area contributed by atoms with Gasteiger partial charge in [-0.15, -0.1) is 0 Å². The Hall–Kier alpha value is -5.75. The third kappa shape index (κ3) is 10.9. The predicted octanol–water partition coefficient (Wildman–Crippen LogP) is 11.3. The first-order valence-corrected chi connectivity index (χ1v) is 21.5. The number of fused-ring (bicyclic) bond motifs is 6. The molecule has 8 rings (SSSR count). The lowest BCUT2D eigenvalue weighted by Gasteiger charge is -2.40. The molecule has 2 heterocycles. The Balaban J connectivity index is 0.000000166. The fourth-order valence-electron chi connectivity index (χ4n) is 11.2. The summed E-state index contributed by atoms with van der Waals surface area (Å²) in [6.45, 7) is 26.0. The molecular formula is C51H66N4O8. The van der Waals surface area contributed by atoms with E-state index in [0.29, 0.717) is 22.7 Å². The van der Waals surface area contributed by atoms with Crippen LogP contribution in [-0.2, 0) is 22.0 Å². The van der Waals surface area contributed by atoms with Crippen LogP contribution in [0.15, 0.2) is 60.7 Å². The second-order valence-corrected chi connectivity index (χ2v) is 22.1. The van der Waals surface area contributed by atoms with Gasteiger partial charge in [-0.2, -0.15) is 0 Å². The fraction of sp³-hybridized carbons (Fsp3) is 0.471. The number of aromatic nitrogens is 2. The van der Waals surface area contributed by atoms with E-state index >= 15 is 0 Å². The van der Waals surface area contributed by atoms with Gasteiger partial charge in [-0.1, -0.05) is 83.1 Å². The van der Waals surface area contributed by atoms with Gasteiger partial charge in [0.2, 0.25) is 0 Å². The average molecular weight is 863 g/mol. The van der Waals surface area contributed by atoms with Gasteiger partial charge in [-0.05, 0) is 125 Å². The van der Waals surface area contributed by atoms with E-state index in [0.717, 1.165) is 59.5 Å². The van der Waals surface area contributed by atoms with Crippen LogP contribution in [-0.4, -0.2) is 54.8 Å². The summed E-state index contributed by atoms with van der Waals surface area (Å²) in [5, 5.41) is 28.8. The molecule has 1 saturated carbocycles. The number of hydrogen-bond donors (Lipinski definition) is 7. The van der Waals surface area contributed by atoms with Crippen LogP contribution in [0.2, 0.25) is 0 Å². The molecule has 12 heteroatoms. The van der Waals surface area contributed by atoms with Gasteiger partial charge in [0.15, 0.2) is 5.78 Å². The summed E-state index contributed by atoms with van der Waals surface area (Å²) in [6.07, 6.45) is 5.59. The molecule has 0 amide bonds. The van der Waals surface area contributed by atoms with Crippen molar-refractivity contribution in [3.05, 3.63) is 99.9 Å². The molecule has 12 nitrogen and oxygen atoms in total. The number of carboxylic acid groups (broad SMARTS) is 3. The molecule has 0 bridgehead atoms. The standard InChI is InChI=1S/C17H19NO3.C17H21NO2.C10H18O.C7H8N2O2/c1-16(2)8-17(3,4)14(19)13-12(16)10-7-9(15(20)21)5-6-11(10)18-13;1-16(2)8-13-14(17(3,4)9-16)11-7-10(15(19)20)5-6-12(11)18-13;1-9(2)5-8(11)6-10(3,4)7-9;8-9-6-3-1-5(2-4-6)7(10)11/h5-7,18H,8H2,1-4H3,(H,20,21);5-7,18H,8-9H2,1-4H3,(H,19,20);5-7H2,1-4H3;1-4,9H,8H2,(H,10,11). The molecule has 63 heavy (non-hydrogen) atoms. The normalized spacial score (nSPS) is 19.4. The van der Waals surface area contributed by atoms with Gasteiger partial charge in [0.1, 0.15) is 5.78 Å². The number of aromatic carboxylic acids is 3. The van der Waals surface area contributed by atoms with Crippen molar-refractivity contribution >= 4 is 57.0 Å². The van der Waals surface area contributed by atoms with E-state index in [4.69, 9.17) is 10.9 Å². The number of H-pyrrole nitrogens is 2. The quantitative estimate of drug-likeness (QED) is 0.0670. The number of nitrogen functional groups attached to an aromatic ring is 1. The number of ketones is 2. The zero-order chi connectivity index (χ0) is 47.2. The number of rotatable bonds is 4. The molecule has 0 saturated heterocycles. The Morgan fingerprint density at radius 3 is 1.43 bits per heavy atom. The summed E-state index contributed by atoms with van der Waals surface area (Å²) in [7, 11) is 0. The Labute approximate surface area is 370 Å². The van der Waals surface area contributed by atoms with E-state index in [1.54, 1.807) is 36.4 Å². The van der Waals surface area contributed by atoms with Gasteiger partial charge in [-0.3, -0.25) is 15.4 Å². The van der Waals surface area contributed by atoms with Crippen LogP contribution < -0.4 is 11.3 Å². The van der Waals surface area contributed by atoms with Crippen molar-refractivity contribution in [2.75, 3.05) is 5.43 Å². The lowest BCUT2D eigenvalue weighted by atomic mass is 9.63. The summed E-state index contributed by atoms with van der Waals surface area (Å²) < 4.78 is 0. The number of carbonyl (C=O) groups excluding carboxylic acids is 2. The number of carbonyl (C=O) groups is 5. The summed E-state index contributed by atoms with van der Waals surface area (Å²) in [4.78, 5) is 63.4. The van der Waals surface area contributed by atoms with Gasteiger partial charge < -0.3 is 30.7 Å². The smallest absolute Gasteiger partial charge is 0.335 e. The van der Waals surface area contributed by atoms with E-state index < -0.39 is 23.3 Å². The Kier molecular flexibility index (Phi) is 13.1. The van der Waals surface area contributed by atoms with Crippen molar-refractivity contribution < 1.29 is 39.3 Å². The topological polar surface area (TPSA) is 216 Å². The number of nitrogens with two attached hydrogens (primary N) is 1. The number of hydrogen-bond acceptors (Lipinski definition) is 7. The lowest BCUT2D eigenvalue weighted by molar-refractivity contribution is -0.127. The largest absolute Gasteiger partial charge is 0.478 e. The maximum atomic E-state index is 12.7. The SMILES string of the molecule is CC1(C)CC(=O)CC(C)(C)C1.CC1(C)CC(C)(C)c2c([nH]c3ccc(C(=O)O)cc23)C1=O.CC1(C)Cc2[nH]c3ccc(C(=O)O)cc3c2C(C)(C)C1.NNc1ccc(C(=O)O)cc1. The molecule has 1 fully saturated rings. The van der Waals surface area contributed by atoms with Crippen molar-refractivity contribution in [2.45, 2.75) is 132 Å². The summed E-state index contributed by atoms with van der Waals surface area (Å²) in [5.41, 5.74) is 10.2. The molecule has 3 aliphatic carbocycles. The molecule has 5 aromatic rings. The number of anilines is 1. The molecule has 8 N–H and O–H groups in total. The summed E-state index contributed by atoms with van der Waals surface area (Å²) in [5.74, 6) is 2.86. The predicted molar refractivity (Wildman–Crippen MR) is 249 cm³/mol. The zero-order valence-electron chi connectivity index (χ0n) is 39.0. The van der Waals surface area contributed by atoms with Gasteiger partial charge in [-0.25, -0.2) is 14.4 Å². The molecule has 0 spiro atoms. The van der Waals surface area contributed by atoms with Gasteiger partial charge in [0.05, 0.1) is 22.4 Å². The maximum absolute atomic E-state index is 12.7. The van der Waals surface area contributed by atoms with E-state index in [9.17, 15) is 34.2 Å². The van der Waals surface area contributed by atoms with Crippen LogP contribution in [0.3, 0.4) is 0 Å². The Morgan fingerprint density at radius 1 is 0.540 bits per heavy atom. The fourth-order valence-corrected chi connectivity index (χ4v) is 11.2. The van der Waals surface area contributed by atoms with Crippen LogP contribution in [0.1, 0.15) is 174 Å². The summed E-state index contributed by atoms with van der Waals surface area (Å²) >= 11 is 0. The van der Waals surface area contributed by atoms with Crippen molar-refractivity contribution in [3.8, 4) is 0 Å². The van der Waals surface area contributed by atoms with Gasteiger partial charge >= 0.3 is 17.9 Å². The first-order chi connectivity index (χ1) is 28.9. The monoisotopic (exact) mass is 862 g/mol. The van der Waals surface area contributed by atoms with E-state index in [1.807, 2.05) is 26.0 Å². The third-order valence-electron chi connectivity index (χ3n) is 12.4. The molecule has 3 aromatic carbocycles. The van der Waals surface area contributed by atoms with Crippen molar-refractivity contribution in [1.29, 1.82) is 0 Å². The van der Waals surface area contributed by atoms with Crippen LogP contribution >= 0.6 is 0 Å². The maximum Gasteiger partial charge on any atom is 0.335 e. The number of hydrazine groups is 1. The van der Waals surface area contributed by atoms with Gasteiger partial charge in [0, 0.05) is 51.4 Å². The highest BCUT2D eigenvalue weighted by Crippen LogP contribution is 2.50. The second-order valence-electron chi connectivity index (χ2n) is 22.1. The van der Waals surface area contributed by atoms with Crippen LogP contribution in [0.25, 0.3) is 21.8 Å². The first kappa shape index (κ1) is 48.3. The minimum Gasteiger partial charge on any atom is -0.478 e. The zero-order valence-corrected chi connectivity index (χ0v) is 39.0. The third-order valence-corrected chi connectivity index (χ3v) is 12.4. The minimum atomic E-state index is -0.952. The van der Waals surface area contributed by atoms with Crippen LogP contribution in [0, 0.1) is 21.7 Å². The highest BCUT2D eigenvalue weighted by atomic mass is 16.4. The van der Waals surface area contributed by atoms with E-state index in [2.05, 4.69) is 84.6 Å². The van der Waals surface area contributed by atoms with E-state index in [-0.39, 0.29) is 44.0 Å². The first-order valence-electron chi connectivity index (χ1n) is 21.5. The molecule has 0 unspecified atom stereocenters. The highest BCUT2D eigenvalue weighted by Gasteiger charge is 2.46. The average Bonchev–Trinajstić information content (AvgIpc) is 3.71. The molecule has 0 atom stereocenters. The Bertz CT molecular complexity index is 2570. The second kappa shape index (κ2) is 17.1. The molecular weight excluding hydrogens is 797 g/mol. The Morgan fingerprint density at radius 2 is 0.968 bits per heavy atom. The highest BCUT2D eigenvalue weighted by molar-refractivity contribution is 6.08. The number of aromatic amines is 2. The number of Topliss-reactive ketones (excluding diaryl/α,β-unsaturated/α-hetero) is 2. The molecule has 0 radical (unpaired) electrons. The van der Waals surface area contributed by atoms with Crippen LogP contribution in [0.5, 0.6) is 0 Å². The molecule has 2 aromatic heterocycles. The summed E-state index contributed by atoms with van der Waals surface area (Å²) in [6, 6.07) is 16.5. The van der Waals surface area contributed by atoms with Crippen molar-refractivity contribution in [3.63, 3.8) is 0 Å². The van der Waals surface area contributed by atoms with Crippen molar-refractivity contribution in [2.24, 2.45) is 27.5 Å². The molecule has 338 valence electrons. The number of nitrogens with one attached hydrogen (secondary N) is 3. The van der Waals surface area contributed by atoms with Gasteiger partial charge in [0.25, 0.3) is 0 Å². The van der Waals surface area contributed by atoms with Crippen molar-refractivity contribution in [1.82, 2.24) is 9.97 Å². The molecule has 0 aliphatic heterocycles. The van der Waals surface area contributed by atoms with E-state index in [1.165, 1.54) is 29.8 Å². The lowest BCUT2D eigenvalue weighted by Crippen LogP contribution is -2.39. The number of benzene rings is 3. The number of carboxylic acids is 3. The molecule has 3 aliphatic rings. The minimum absolute atomic E-state index is 0.0620. The van der Waals surface area contributed by atoms with Crippen LogP contribution in [0.4, 0.5) is 5.69 Å².